The van der Waals surface area contributed by atoms with Crippen LogP contribution in [0.1, 0.15) is 0 Å². The van der Waals surface area contributed by atoms with Gasteiger partial charge in [0.05, 0.1) is 30.6 Å². The first-order valence-corrected chi connectivity index (χ1v) is 9.00. The van der Waals surface area contributed by atoms with Gasteiger partial charge in [0.1, 0.15) is 33.0 Å². The first-order valence-electron chi connectivity index (χ1n) is 7.95. The molecule has 4 saturated heterocycles. The van der Waals surface area contributed by atoms with Crippen LogP contribution in [-0.4, -0.2) is 112 Å². The first-order chi connectivity index (χ1) is 11.4. The van der Waals surface area contributed by atoms with Crippen molar-refractivity contribution in [3.05, 3.63) is 0 Å². The molecule has 12 heteroatoms. The van der Waals surface area contributed by atoms with Crippen LogP contribution in [0.2, 0.25) is 0 Å². The molecule has 3 N–H and O–H groups in total. The van der Waals surface area contributed by atoms with Gasteiger partial charge >= 0.3 is 0 Å². The molecule has 4 heterocycles. The predicted molar refractivity (Wildman–Crippen MR) is 90.5 cm³/mol. The minimum absolute atomic E-state index is 0. The molecule has 8 unspecified atom stereocenters. The average Bonchev–Trinajstić information content (AvgIpc) is 3.15. The molecule has 0 amide bonds. The molecule has 0 spiro atoms. The molecule has 4 rings (SSSR count). The van der Waals surface area contributed by atoms with Crippen molar-refractivity contribution in [3.8, 4) is 0 Å². The van der Waals surface area contributed by atoms with E-state index in [2.05, 4.69) is 5.32 Å². The smallest absolute Gasteiger partial charge is 0.130 e. The zero-order valence-corrected chi connectivity index (χ0v) is 21.5. The van der Waals surface area contributed by atoms with Crippen molar-refractivity contribution in [1.29, 1.82) is 0 Å². The third kappa shape index (κ3) is 4.67. The van der Waals surface area contributed by atoms with Crippen LogP contribution in [0.25, 0.3) is 0 Å². The fraction of sp³-hybridized carbons (Fsp3) is 1.00. The molecule has 7 nitrogen and oxygen atoms in total. The van der Waals surface area contributed by atoms with Crippen LogP contribution in [0, 0.1) is 0 Å². The maximum Gasteiger partial charge on any atom is 0.130 e. The molecule has 26 heavy (non-hydrogen) atoms. The number of ether oxygens (including phenoxy) is 4. The summed E-state index contributed by atoms with van der Waals surface area (Å²) >= 11 is 1.67. The Bertz CT molecular complexity index is 435. The fourth-order valence-corrected chi connectivity index (χ4v) is 5.31. The minimum Gasteiger partial charge on any atom is -0.389 e. The molecule has 4 fully saturated rings. The van der Waals surface area contributed by atoms with Crippen LogP contribution >= 0.6 is 11.8 Å². The summed E-state index contributed by atoms with van der Waals surface area (Å²) in [6.07, 6.45) is -1.02. The van der Waals surface area contributed by atoms with Gasteiger partial charge in [0, 0.05) is 104 Å². The first kappa shape index (κ1) is 26.4. The number of hydrogen-bond acceptors (Lipinski definition) is 8. The number of methoxy groups -OCH3 is 2. The van der Waals surface area contributed by atoms with E-state index in [1.54, 1.807) is 26.0 Å². The van der Waals surface area contributed by atoms with Crippen molar-refractivity contribution in [1.82, 2.24) is 5.32 Å². The van der Waals surface area contributed by atoms with Crippen molar-refractivity contribution >= 4 is 27.5 Å². The third-order valence-electron chi connectivity index (χ3n) is 5.08. The molecule has 8 atom stereocenters. The number of rotatable bonds is 4. The molecular formula is C14H23B2NO6SY2. The normalized spacial score (nSPS) is 47.7. The predicted octanol–water partition coefficient (Wildman–Crippen LogP) is -2.40. The van der Waals surface area contributed by atoms with Gasteiger partial charge in [-0.3, -0.25) is 0 Å². The summed E-state index contributed by atoms with van der Waals surface area (Å²) in [5.41, 5.74) is -1.15. The number of nitrogens with one attached hydrogen (secondary N) is 1. The Hall–Kier alpha value is 2.41. The van der Waals surface area contributed by atoms with Crippen LogP contribution < -0.4 is 5.32 Å². The quantitative estimate of drug-likeness (QED) is 0.346. The Labute approximate surface area is 211 Å². The molecule has 138 valence electrons. The van der Waals surface area contributed by atoms with E-state index in [0.717, 1.165) is 5.75 Å². The van der Waals surface area contributed by atoms with Gasteiger partial charge in [0.25, 0.3) is 0 Å². The van der Waals surface area contributed by atoms with Gasteiger partial charge in [-0.2, -0.15) is 11.8 Å². The number of hydrogen-bond donors (Lipinski definition) is 3. The Balaban J connectivity index is 0.000000241. The van der Waals surface area contributed by atoms with Gasteiger partial charge in [-0.05, 0) is 0 Å². The number of aliphatic hydroxyl groups excluding tert-OH is 2. The average molecular weight is 533 g/mol. The maximum atomic E-state index is 9.77. The van der Waals surface area contributed by atoms with E-state index in [-0.39, 0.29) is 82.7 Å². The van der Waals surface area contributed by atoms with E-state index in [0.29, 0.717) is 19.8 Å². The van der Waals surface area contributed by atoms with E-state index in [1.165, 1.54) is 0 Å². The number of fused-ring (bicyclic) bond motifs is 4. The SMILES string of the molecule is [B]C1OC2(COC)CNC1C2O.[B]C1OC2(COC)CSC1C2O.[Y].[Y]. The molecule has 4 aliphatic rings. The summed E-state index contributed by atoms with van der Waals surface area (Å²) in [5.74, 6) is 0.778. The second-order valence-electron chi connectivity index (χ2n) is 6.73. The monoisotopic (exact) mass is 533 g/mol. The van der Waals surface area contributed by atoms with E-state index in [1.807, 2.05) is 0 Å². The summed E-state index contributed by atoms with van der Waals surface area (Å²) in [5, 5.41) is 22.6. The molecular weight excluding hydrogens is 510 g/mol. The Morgan fingerprint density at radius 3 is 2.00 bits per heavy atom. The van der Waals surface area contributed by atoms with Gasteiger partial charge in [-0.1, -0.05) is 0 Å². The second-order valence-corrected chi connectivity index (χ2v) is 7.90. The molecule has 0 saturated carbocycles. The van der Waals surface area contributed by atoms with Crippen molar-refractivity contribution in [2.45, 2.75) is 46.7 Å². The van der Waals surface area contributed by atoms with Crippen molar-refractivity contribution in [2.75, 3.05) is 39.7 Å². The van der Waals surface area contributed by atoms with E-state index in [9.17, 15) is 10.2 Å². The molecule has 4 aliphatic heterocycles. The number of thioether (sulfide) groups is 1. The van der Waals surface area contributed by atoms with Crippen LogP contribution in [0.4, 0.5) is 0 Å². The molecule has 0 aromatic heterocycles. The summed E-state index contributed by atoms with van der Waals surface area (Å²) < 4.78 is 20.9. The molecule has 4 bridgehead atoms. The fourth-order valence-electron chi connectivity index (χ4n) is 3.84. The van der Waals surface area contributed by atoms with Crippen molar-refractivity contribution < 1.29 is 94.6 Å². The van der Waals surface area contributed by atoms with Crippen LogP contribution in [0.3, 0.4) is 0 Å². The molecule has 0 aromatic rings. The Kier molecular flexibility index (Phi) is 10.8. The van der Waals surface area contributed by atoms with Gasteiger partial charge in [0.15, 0.2) is 0 Å². The minimum atomic E-state index is -0.612. The van der Waals surface area contributed by atoms with Crippen molar-refractivity contribution in [3.63, 3.8) is 0 Å². The Morgan fingerprint density at radius 1 is 1.04 bits per heavy atom. The molecule has 0 aliphatic carbocycles. The summed E-state index contributed by atoms with van der Waals surface area (Å²) in [7, 11) is 14.5. The summed E-state index contributed by atoms with van der Waals surface area (Å²) in [6, 6.07) is -0.891. The van der Waals surface area contributed by atoms with Gasteiger partial charge in [-0.25, -0.2) is 0 Å². The number of morpholine rings is 1. The van der Waals surface area contributed by atoms with Gasteiger partial charge in [0.2, 0.25) is 0 Å². The standard InChI is InChI=1S/C7H12BNO3.C7H11BO3S.2Y/c1-11-3-7-2-9-4(5(7)10)6(8)12-7;1-10-2-7-3-12-4(5(7)9)6(8)11-7;;/h4-6,9-10H,2-3H2,1H3;4-6,9H,2-3H2,1H3;;. The van der Waals surface area contributed by atoms with Gasteiger partial charge in [-0.15, -0.1) is 0 Å². The summed E-state index contributed by atoms with van der Waals surface area (Å²) in [6.45, 7) is 1.41. The largest absolute Gasteiger partial charge is 0.389 e. The van der Waals surface area contributed by atoms with Crippen LogP contribution in [0.15, 0.2) is 0 Å². The van der Waals surface area contributed by atoms with Gasteiger partial charge < -0.3 is 34.5 Å². The van der Waals surface area contributed by atoms with Crippen LogP contribution in [0.5, 0.6) is 0 Å². The van der Waals surface area contributed by atoms with E-state index < -0.39 is 29.4 Å². The van der Waals surface area contributed by atoms with Crippen LogP contribution in [-0.2, 0) is 84.4 Å². The topological polar surface area (TPSA) is 89.4 Å². The molecule has 6 radical (unpaired) electrons. The number of aliphatic hydroxyl groups is 2. The zero-order chi connectivity index (χ0) is 17.5. The maximum absolute atomic E-state index is 9.77. The second kappa shape index (κ2) is 10.6. The Morgan fingerprint density at radius 2 is 1.62 bits per heavy atom. The van der Waals surface area contributed by atoms with Crippen molar-refractivity contribution in [2.24, 2.45) is 0 Å². The third-order valence-corrected chi connectivity index (χ3v) is 6.65. The van der Waals surface area contributed by atoms with E-state index >= 15 is 0 Å². The zero-order valence-electron chi connectivity index (χ0n) is 15.0. The molecule has 0 aromatic carbocycles. The van der Waals surface area contributed by atoms with E-state index in [4.69, 9.17) is 34.6 Å². The summed E-state index contributed by atoms with van der Waals surface area (Å²) in [4.78, 5) is 0.